The first kappa shape index (κ1) is 29.8. The van der Waals surface area contributed by atoms with Gasteiger partial charge in [-0.1, -0.05) is 97.1 Å². The Kier molecular flexibility index (Phi) is 7.07. The van der Waals surface area contributed by atoms with Crippen molar-refractivity contribution in [3.05, 3.63) is 150 Å². The summed E-state index contributed by atoms with van der Waals surface area (Å²) < 4.78 is 72.1. The first-order valence-electron chi connectivity index (χ1n) is 15.1. The number of benzene rings is 6. The molecule has 4 nitrogen and oxygen atoms in total. The van der Waals surface area contributed by atoms with Gasteiger partial charge in [-0.25, -0.2) is 36.9 Å². The van der Waals surface area contributed by atoms with Gasteiger partial charge in [-0.05, 0) is 23.8 Å². The number of halogens is 5. The summed E-state index contributed by atoms with van der Waals surface area (Å²) in [5, 5.41) is 12.1. The van der Waals surface area contributed by atoms with Gasteiger partial charge < -0.3 is 0 Å². The summed E-state index contributed by atoms with van der Waals surface area (Å²) in [6.45, 7) is 0. The van der Waals surface area contributed by atoms with Gasteiger partial charge in [0.2, 0.25) is 5.82 Å². The minimum absolute atomic E-state index is 0.207. The smallest absolute Gasteiger partial charge is 0.200 e. The van der Waals surface area contributed by atoms with Gasteiger partial charge >= 0.3 is 0 Å². The van der Waals surface area contributed by atoms with Crippen LogP contribution in [0.5, 0.6) is 0 Å². The highest BCUT2D eigenvalue weighted by Gasteiger charge is 2.27. The number of hydrogen-bond acceptors (Lipinski definition) is 4. The fourth-order valence-electron chi connectivity index (χ4n) is 6.23. The molecule has 0 aliphatic carbocycles. The van der Waals surface area contributed by atoms with Crippen molar-refractivity contribution < 1.29 is 22.0 Å². The SMILES string of the molecule is N#Cc1cc2nc(-c3ccccc3)c(-c3ccccc3)nc2c2c1c(-c1cccc(-c3c(F)c(F)c(F)c(F)c3F)c1)nc1ccccc12. The molecular formula is C40H19F5N4. The van der Waals surface area contributed by atoms with Gasteiger partial charge in [-0.3, -0.25) is 0 Å². The summed E-state index contributed by atoms with van der Waals surface area (Å²) >= 11 is 0. The lowest BCUT2D eigenvalue weighted by Crippen LogP contribution is -2.04. The number of fused-ring (bicyclic) bond motifs is 5. The fourth-order valence-corrected chi connectivity index (χ4v) is 6.23. The first-order chi connectivity index (χ1) is 23.9. The Bertz CT molecular complexity index is 2640. The first-order valence-corrected chi connectivity index (χ1v) is 15.1. The van der Waals surface area contributed by atoms with Crippen molar-refractivity contribution >= 4 is 32.7 Å². The van der Waals surface area contributed by atoms with Crippen LogP contribution in [0, 0.1) is 40.4 Å². The minimum atomic E-state index is -2.24. The maximum Gasteiger partial charge on any atom is 0.200 e. The topological polar surface area (TPSA) is 62.5 Å². The molecule has 49 heavy (non-hydrogen) atoms. The van der Waals surface area contributed by atoms with E-state index in [2.05, 4.69) is 6.07 Å². The van der Waals surface area contributed by atoms with E-state index >= 15 is 0 Å². The zero-order valence-electron chi connectivity index (χ0n) is 25.1. The number of nitriles is 1. The van der Waals surface area contributed by atoms with Crippen LogP contribution in [0.3, 0.4) is 0 Å². The second-order valence-corrected chi connectivity index (χ2v) is 11.3. The maximum atomic E-state index is 14.9. The molecule has 9 heteroatoms. The van der Waals surface area contributed by atoms with Crippen molar-refractivity contribution in [1.82, 2.24) is 15.0 Å². The monoisotopic (exact) mass is 650 g/mol. The number of para-hydroxylation sites is 1. The van der Waals surface area contributed by atoms with Crippen molar-refractivity contribution in [1.29, 1.82) is 5.26 Å². The van der Waals surface area contributed by atoms with Crippen LogP contribution in [0.1, 0.15) is 5.56 Å². The molecule has 0 N–H and O–H groups in total. The molecular weight excluding hydrogens is 631 g/mol. The van der Waals surface area contributed by atoms with E-state index < -0.39 is 34.6 Å². The van der Waals surface area contributed by atoms with E-state index in [-0.39, 0.29) is 22.4 Å². The fraction of sp³-hybridized carbons (Fsp3) is 0. The highest BCUT2D eigenvalue weighted by molar-refractivity contribution is 6.22. The summed E-state index contributed by atoms with van der Waals surface area (Å²) in [6.07, 6.45) is 0. The quantitative estimate of drug-likeness (QED) is 0.0823. The van der Waals surface area contributed by atoms with Gasteiger partial charge in [0.15, 0.2) is 23.3 Å². The summed E-state index contributed by atoms with van der Waals surface area (Å²) in [5.74, 6) is -10.2. The number of rotatable bonds is 4. The van der Waals surface area contributed by atoms with Crippen LogP contribution in [-0.2, 0) is 0 Å². The normalized spacial score (nSPS) is 11.3. The summed E-state index contributed by atoms with van der Waals surface area (Å²) in [5.41, 5.74) is 3.78. The molecule has 8 rings (SSSR count). The molecule has 6 aromatic carbocycles. The Morgan fingerprint density at radius 1 is 0.449 bits per heavy atom. The number of hydrogen-bond donors (Lipinski definition) is 0. The second-order valence-electron chi connectivity index (χ2n) is 11.3. The Balaban J connectivity index is 1.49. The lowest BCUT2D eigenvalue weighted by Gasteiger charge is -2.16. The summed E-state index contributed by atoms with van der Waals surface area (Å²) in [6, 6.07) is 35.9. The molecule has 2 aromatic heterocycles. The molecule has 0 amide bonds. The zero-order valence-corrected chi connectivity index (χ0v) is 25.1. The maximum absolute atomic E-state index is 14.9. The Labute approximate surface area is 275 Å². The summed E-state index contributed by atoms with van der Waals surface area (Å²) in [4.78, 5) is 15.1. The molecule has 0 atom stereocenters. The molecule has 2 heterocycles. The number of pyridine rings is 1. The molecule has 0 bridgehead atoms. The number of aromatic nitrogens is 3. The third kappa shape index (κ3) is 4.76. The predicted octanol–water partition coefficient (Wildman–Crippen LogP) is 10.6. The van der Waals surface area contributed by atoms with Crippen LogP contribution >= 0.6 is 0 Å². The van der Waals surface area contributed by atoms with Crippen LogP contribution in [0.15, 0.2) is 115 Å². The van der Waals surface area contributed by atoms with Gasteiger partial charge in [0.1, 0.15) is 0 Å². The second kappa shape index (κ2) is 11.6. The van der Waals surface area contributed by atoms with E-state index in [9.17, 15) is 27.2 Å². The molecule has 0 saturated carbocycles. The van der Waals surface area contributed by atoms with Crippen LogP contribution in [0.4, 0.5) is 22.0 Å². The molecule has 8 aromatic rings. The lowest BCUT2D eigenvalue weighted by molar-refractivity contribution is 0.381. The van der Waals surface area contributed by atoms with E-state index in [1.807, 2.05) is 72.8 Å². The largest absolute Gasteiger partial charge is 0.247 e. The van der Waals surface area contributed by atoms with E-state index in [1.54, 1.807) is 24.3 Å². The van der Waals surface area contributed by atoms with Gasteiger partial charge in [0.25, 0.3) is 0 Å². The third-order valence-corrected chi connectivity index (χ3v) is 8.45. The van der Waals surface area contributed by atoms with Crippen molar-refractivity contribution in [2.24, 2.45) is 0 Å². The molecule has 234 valence electrons. The average molecular weight is 651 g/mol. The Morgan fingerprint density at radius 3 is 1.63 bits per heavy atom. The van der Waals surface area contributed by atoms with Gasteiger partial charge in [0, 0.05) is 32.8 Å². The summed E-state index contributed by atoms with van der Waals surface area (Å²) in [7, 11) is 0. The van der Waals surface area contributed by atoms with E-state index in [0.717, 1.165) is 11.1 Å². The molecule has 0 spiro atoms. The molecule has 0 fully saturated rings. The van der Waals surface area contributed by atoms with Crippen molar-refractivity contribution in [2.45, 2.75) is 0 Å². The molecule has 0 unspecified atom stereocenters. The highest BCUT2D eigenvalue weighted by Crippen LogP contribution is 2.42. The average Bonchev–Trinajstić information content (AvgIpc) is 3.15. The highest BCUT2D eigenvalue weighted by atomic mass is 19.2. The van der Waals surface area contributed by atoms with Crippen molar-refractivity contribution in [2.75, 3.05) is 0 Å². The van der Waals surface area contributed by atoms with Gasteiger partial charge in [-0.2, -0.15) is 5.26 Å². The Hall–Kier alpha value is -6.53. The lowest BCUT2D eigenvalue weighted by atomic mass is 9.93. The number of nitrogens with zero attached hydrogens (tertiary/aromatic N) is 4. The Morgan fingerprint density at radius 2 is 0.980 bits per heavy atom. The van der Waals surface area contributed by atoms with Crippen LogP contribution in [0.2, 0.25) is 0 Å². The molecule has 0 saturated heterocycles. The van der Waals surface area contributed by atoms with Crippen LogP contribution < -0.4 is 0 Å². The molecule has 0 aliphatic rings. The van der Waals surface area contributed by atoms with Crippen LogP contribution in [0.25, 0.3) is 77.6 Å². The molecule has 0 radical (unpaired) electrons. The van der Waals surface area contributed by atoms with Crippen molar-refractivity contribution in [3.63, 3.8) is 0 Å². The van der Waals surface area contributed by atoms with Gasteiger partial charge in [-0.15, -0.1) is 0 Å². The van der Waals surface area contributed by atoms with E-state index in [0.29, 0.717) is 44.1 Å². The standard InChI is InChI=1S/C40H19F5N4/c41-32-30(33(42)35(44)36(45)34(32)43)23-14-9-15-24(18-23)37-29-25(20-46)19-28-40(31(29)26-16-7-8-17-27(26)47-37)49-39(22-12-5-2-6-13-22)38(48-28)21-10-3-1-4-11-21/h1-19H. The van der Waals surface area contributed by atoms with E-state index in [4.69, 9.17) is 15.0 Å². The van der Waals surface area contributed by atoms with E-state index in [1.165, 1.54) is 18.2 Å². The van der Waals surface area contributed by atoms with Crippen molar-refractivity contribution in [3.8, 4) is 51.0 Å². The van der Waals surface area contributed by atoms with Gasteiger partial charge in [0.05, 0.1) is 50.8 Å². The zero-order chi connectivity index (χ0) is 33.8. The minimum Gasteiger partial charge on any atom is -0.247 e. The molecule has 0 aliphatic heterocycles. The van der Waals surface area contributed by atoms with Crippen LogP contribution in [-0.4, -0.2) is 15.0 Å². The predicted molar refractivity (Wildman–Crippen MR) is 179 cm³/mol. The third-order valence-electron chi connectivity index (χ3n) is 8.45.